The molecule has 1 fully saturated rings. The molecule has 0 amide bonds. The number of hydrogen-bond donors (Lipinski definition) is 2. The zero-order valence-corrected chi connectivity index (χ0v) is 22.8. The first-order chi connectivity index (χ1) is 16.7. The number of aliphatic hydroxyl groups is 2. The third-order valence-electron chi connectivity index (χ3n) is 8.31. The van der Waals surface area contributed by atoms with Crippen LogP contribution < -0.4 is 0 Å². The number of cyclic esters (lactones) is 1. The van der Waals surface area contributed by atoms with Crippen molar-refractivity contribution >= 4 is 17.8 Å². The van der Waals surface area contributed by atoms with E-state index < -0.39 is 35.6 Å². The van der Waals surface area contributed by atoms with E-state index in [1.807, 2.05) is 19.9 Å². The van der Waals surface area contributed by atoms with E-state index >= 15 is 0 Å². The van der Waals surface area contributed by atoms with Crippen LogP contribution in [-0.2, 0) is 14.3 Å². The van der Waals surface area contributed by atoms with E-state index in [-0.39, 0.29) is 23.5 Å². The van der Waals surface area contributed by atoms with Crippen LogP contribution in [-0.4, -0.2) is 45.3 Å². The summed E-state index contributed by atoms with van der Waals surface area (Å²) in [5, 5.41) is 21.6. The normalized spacial score (nSPS) is 37.5. The van der Waals surface area contributed by atoms with Gasteiger partial charge in [-0.3, -0.25) is 9.59 Å². The van der Waals surface area contributed by atoms with Gasteiger partial charge >= 0.3 is 5.97 Å². The molecule has 1 aliphatic carbocycles. The molecule has 2 aliphatic rings. The van der Waals surface area contributed by atoms with Gasteiger partial charge in [-0.05, 0) is 61.5 Å². The maximum Gasteiger partial charge on any atom is 0.309 e. The van der Waals surface area contributed by atoms with Crippen molar-refractivity contribution in [3.05, 3.63) is 35.6 Å². The summed E-state index contributed by atoms with van der Waals surface area (Å²) < 4.78 is 11.2. The molecule has 3 unspecified atom stereocenters. The van der Waals surface area contributed by atoms with Gasteiger partial charge in [-0.2, -0.15) is 0 Å². The summed E-state index contributed by atoms with van der Waals surface area (Å²) in [5.74, 6) is -0.406. The molecule has 0 spiro atoms. The average Bonchev–Trinajstić information content (AvgIpc) is 3.23. The largest absolute Gasteiger partial charge is 0.458 e. The second-order valence-corrected chi connectivity index (χ2v) is 12.0. The van der Waals surface area contributed by atoms with Crippen LogP contribution in [0.5, 0.6) is 0 Å². The average molecular weight is 502 g/mol. The van der Waals surface area contributed by atoms with Crippen LogP contribution in [0.4, 0.5) is 0 Å². The quantitative estimate of drug-likeness (QED) is 0.431. The van der Waals surface area contributed by atoms with Crippen molar-refractivity contribution in [2.45, 2.75) is 98.9 Å². The number of esters is 1. The van der Waals surface area contributed by atoms with Crippen LogP contribution in [0.1, 0.15) is 85.2 Å². The molecule has 7 nitrogen and oxygen atoms in total. The third kappa shape index (κ3) is 6.74. The number of allylic oxidation sites excluding steroid dienone is 2. The van der Waals surface area contributed by atoms with Gasteiger partial charge in [0, 0.05) is 12.8 Å². The highest BCUT2D eigenvalue weighted by molar-refractivity contribution is 5.87. The molecular formula is C29H43NO6. The molecule has 7 atom stereocenters. The fourth-order valence-corrected chi connectivity index (χ4v) is 5.26. The van der Waals surface area contributed by atoms with Crippen molar-refractivity contribution in [2.75, 3.05) is 0 Å². The molecule has 2 heterocycles. The van der Waals surface area contributed by atoms with Gasteiger partial charge in [0.25, 0.3) is 0 Å². The number of carbonyl (C=O) groups is 2. The highest BCUT2D eigenvalue weighted by atomic mass is 16.5. The lowest BCUT2D eigenvalue weighted by Crippen LogP contribution is -2.44. The van der Waals surface area contributed by atoms with Crippen LogP contribution in [0.3, 0.4) is 0 Å². The van der Waals surface area contributed by atoms with E-state index in [0.29, 0.717) is 30.3 Å². The topological polar surface area (TPSA) is 110 Å². The third-order valence-corrected chi connectivity index (χ3v) is 8.31. The molecule has 1 aromatic heterocycles. The first kappa shape index (κ1) is 28.3. The van der Waals surface area contributed by atoms with Gasteiger partial charge in [0.1, 0.15) is 23.8 Å². The number of aryl methyl sites for hydroxylation is 1. The highest BCUT2D eigenvalue weighted by Gasteiger charge is 2.50. The smallest absolute Gasteiger partial charge is 0.309 e. The Morgan fingerprint density at radius 1 is 1.17 bits per heavy atom. The van der Waals surface area contributed by atoms with Crippen LogP contribution >= 0.6 is 0 Å². The Labute approximate surface area is 215 Å². The minimum Gasteiger partial charge on any atom is -0.458 e. The lowest BCUT2D eigenvalue weighted by molar-refractivity contribution is -0.154. The van der Waals surface area contributed by atoms with Crippen LogP contribution in [0.15, 0.2) is 28.4 Å². The summed E-state index contributed by atoms with van der Waals surface area (Å²) in [6, 6.07) is 0. The Hall–Kier alpha value is -2.25. The number of Topliss-reactive ketones (excluding diaryl/α,β-unsaturated/α-hetero) is 1. The number of aliphatic hydroxyl groups excluding tert-OH is 2. The van der Waals surface area contributed by atoms with Crippen molar-refractivity contribution in [3.8, 4) is 0 Å². The fraction of sp³-hybridized carbons (Fsp3) is 0.690. The monoisotopic (exact) mass is 501 g/mol. The minimum absolute atomic E-state index is 0.119. The predicted molar refractivity (Wildman–Crippen MR) is 138 cm³/mol. The number of rotatable bonds is 2. The number of aromatic nitrogens is 1. The first-order valence-electron chi connectivity index (χ1n) is 13.1. The first-order valence-corrected chi connectivity index (χ1v) is 13.1. The highest BCUT2D eigenvalue weighted by Crippen LogP contribution is 2.58. The summed E-state index contributed by atoms with van der Waals surface area (Å²) >= 11 is 0. The van der Waals surface area contributed by atoms with Crippen LogP contribution in [0, 0.1) is 35.5 Å². The Bertz CT molecular complexity index is 1010. The van der Waals surface area contributed by atoms with Crippen molar-refractivity contribution in [3.63, 3.8) is 0 Å². The molecule has 0 radical (unpaired) electrons. The predicted octanol–water partition coefficient (Wildman–Crippen LogP) is 5.04. The van der Waals surface area contributed by atoms with Gasteiger partial charge in [-0.25, -0.2) is 4.98 Å². The van der Waals surface area contributed by atoms with E-state index in [1.54, 1.807) is 34.0 Å². The Kier molecular flexibility index (Phi) is 8.67. The lowest BCUT2D eigenvalue weighted by Gasteiger charge is -2.33. The SMILES string of the molecule is C/C(=C\c1coc(C)n1)[C@@H]1CC2CC2(C)C/C=C/[C@H](C)C[C@H](O)C(C)C(=O)C(C)(C)[C@@H](O)CC(=O)O1. The number of hydrogen-bond acceptors (Lipinski definition) is 7. The Balaban J connectivity index is 1.87. The van der Waals surface area contributed by atoms with E-state index in [0.717, 1.165) is 18.4 Å². The molecule has 1 saturated carbocycles. The van der Waals surface area contributed by atoms with Gasteiger partial charge < -0.3 is 19.4 Å². The Morgan fingerprint density at radius 2 is 1.86 bits per heavy atom. The van der Waals surface area contributed by atoms with Gasteiger partial charge in [0.15, 0.2) is 5.89 Å². The minimum atomic E-state index is -1.23. The molecule has 0 saturated heterocycles. The summed E-state index contributed by atoms with van der Waals surface area (Å²) in [6.07, 6.45) is 8.01. The number of nitrogens with zero attached hydrogens (tertiary/aromatic N) is 1. The van der Waals surface area contributed by atoms with Gasteiger partial charge in [0.2, 0.25) is 0 Å². The molecule has 3 rings (SSSR count). The molecule has 7 heteroatoms. The van der Waals surface area contributed by atoms with Crippen LogP contribution in [0.2, 0.25) is 0 Å². The van der Waals surface area contributed by atoms with E-state index in [9.17, 15) is 19.8 Å². The Morgan fingerprint density at radius 3 is 2.50 bits per heavy atom. The van der Waals surface area contributed by atoms with Crippen molar-refractivity contribution in [1.29, 1.82) is 0 Å². The van der Waals surface area contributed by atoms with Crippen molar-refractivity contribution in [1.82, 2.24) is 4.98 Å². The second-order valence-electron chi connectivity index (χ2n) is 12.0. The number of oxazole rings is 1. The second kappa shape index (κ2) is 11.0. The molecule has 1 aliphatic heterocycles. The molecule has 36 heavy (non-hydrogen) atoms. The summed E-state index contributed by atoms with van der Waals surface area (Å²) in [5.41, 5.74) is 0.442. The molecule has 2 N–H and O–H groups in total. The maximum absolute atomic E-state index is 13.2. The molecular weight excluding hydrogens is 458 g/mol. The van der Waals surface area contributed by atoms with Gasteiger partial charge in [-0.15, -0.1) is 0 Å². The van der Waals surface area contributed by atoms with E-state index in [1.165, 1.54) is 0 Å². The fourth-order valence-electron chi connectivity index (χ4n) is 5.26. The van der Waals surface area contributed by atoms with Crippen molar-refractivity contribution < 1.29 is 29.0 Å². The number of carbonyl (C=O) groups excluding carboxylic acids is 2. The molecule has 0 bridgehead atoms. The number of ether oxygens (including phenoxy) is 1. The van der Waals surface area contributed by atoms with Crippen molar-refractivity contribution in [2.24, 2.45) is 28.6 Å². The zero-order chi connectivity index (χ0) is 26.8. The summed E-state index contributed by atoms with van der Waals surface area (Å²) in [7, 11) is 0. The van der Waals surface area contributed by atoms with E-state index in [4.69, 9.17) is 9.15 Å². The number of ketones is 1. The maximum atomic E-state index is 13.2. The number of fused-ring (bicyclic) bond motifs is 1. The molecule has 0 aromatic carbocycles. The van der Waals surface area contributed by atoms with Gasteiger partial charge in [-0.1, -0.05) is 46.8 Å². The van der Waals surface area contributed by atoms with E-state index in [2.05, 4.69) is 24.1 Å². The molecule has 1 aromatic rings. The summed E-state index contributed by atoms with van der Waals surface area (Å²) in [4.78, 5) is 30.5. The zero-order valence-electron chi connectivity index (χ0n) is 22.8. The van der Waals surface area contributed by atoms with Gasteiger partial charge in [0.05, 0.1) is 24.0 Å². The standard InChI is InChI=1S/C29H43NO6/c1-17-9-8-10-29(7)15-21(29)13-24(18(2)12-22-16-35-20(4)30-22)36-26(33)14-25(32)28(5,6)27(34)19(3)23(31)11-17/h8-9,12,16-17,19,21,23-25,31-32H,10-11,13-15H2,1-7H3/b9-8+,18-12+/t17-,19?,21?,23-,24-,25-,29?/m0/s1. The summed E-state index contributed by atoms with van der Waals surface area (Å²) in [6.45, 7) is 12.9. The van der Waals surface area contributed by atoms with Crippen LogP contribution in [0.25, 0.3) is 6.08 Å². The lowest BCUT2D eigenvalue weighted by atomic mass is 9.74. The molecule has 200 valence electrons.